The molecule has 1 amide bonds. The molecular formula is C22H20N2O3S. The Morgan fingerprint density at radius 2 is 2.04 bits per heavy atom. The van der Waals surface area contributed by atoms with Crippen LogP contribution >= 0.6 is 11.3 Å². The van der Waals surface area contributed by atoms with Crippen molar-refractivity contribution >= 4 is 17.2 Å². The van der Waals surface area contributed by atoms with Gasteiger partial charge in [-0.15, -0.1) is 11.3 Å². The Morgan fingerprint density at radius 1 is 1.21 bits per heavy atom. The number of fused-ring (bicyclic) bond motifs is 3. The number of thiophene rings is 1. The van der Waals surface area contributed by atoms with Crippen molar-refractivity contribution in [3.8, 4) is 21.7 Å². The number of hydrogen-bond acceptors (Lipinski definition) is 4. The molecule has 28 heavy (non-hydrogen) atoms. The predicted octanol–water partition coefficient (Wildman–Crippen LogP) is 3.20. The molecule has 5 rings (SSSR count). The van der Waals surface area contributed by atoms with Crippen molar-refractivity contribution < 1.29 is 9.90 Å². The summed E-state index contributed by atoms with van der Waals surface area (Å²) < 4.78 is 1.74. The van der Waals surface area contributed by atoms with Gasteiger partial charge in [-0.1, -0.05) is 30.3 Å². The Morgan fingerprint density at radius 3 is 2.82 bits per heavy atom. The second-order valence-corrected chi connectivity index (χ2v) is 8.25. The third-order valence-electron chi connectivity index (χ3n) is 5.74. The van der Waals surface area contributed by atoms with Gasteiger partial charge in [0.15, 0.2) is 0 Å². The number of benzene rings is 1. The molecule has 1 fully saturated rings. The topological polar surface area (TPSA) is 62.5 Å². The summed E-state index contributed by atoms with van der Waals surface area (Å²) in [5.41, 5.74) is 3.65. The number of carbonyl (C=O) groups excluding carboxylic acids is 1. The second-order valence-electron chi connectivity index (χ2n) is 7.33. The first-order valence-electron chi connectivity index (χ1n) is 9.51. The highest BCUT2D eigenvalue weighted by atomic mass is 32.1. The number of aliphatic hydroxyl groups is 1. The van der Waals surface area contributed by atoms with E-state index >= 15 is 0 Å². The van der Waals surface area contributed by atoms with Gasteiger partial charge in [-0.25, -0.2) is 0 Å². The third-order valence-corrected chi connectivity index (χ3v) is 6.71. The van der Waals surface area contributed by atoms with Gasteiger partial charge in [0.1, 0.15) is 0 Å². The molecule has 1 N–H and O–H groups in total. The van der Waals surface area contributed by atoms with Crippen LogP contribution in [0.25, 0.3) is 21.7 Å². The van der Waals surface area contributed by atoms with Crippen molar-refractivity contribution in [2.45, 2.75) is 25.4 Å². The molecule has 5 nitrogen and oxygen atoms in total. The molecule has 142 valence electrons. The molecule has 2 aromatic heterocycles. The zero-order valence-electron chi connectivity index (χ0n) is 15.3. The average molecular weight is 392 g/mol. The van der Waals surface area contributed by atoms with Gasteiger partial charge in [0.25, 0.3) is 11.5 Å². The summed E-state index contributed by atoms with van der Waals surface area (Å²) in [4.78, 5) is 29.5. The molecule has 4 heterocycles. The van der Waals surface area contributed by atoms with Crippen LogP contribution in [0.4, 0.5) is 0 Å². The number of likely N-dealkylation sites (tertiary alicyclic amines) is 1. The molecule has 2 aliphatic rings. The number of hydrogen-bond donors (Lipinski definition) is 1. The largest absolute Gasteiger partial charge is 0.394 e. The summed E-state index contributed by atoms with van der Waals surface area (Å²) in [7, 11) is 0. The number of aliphatic hydroxyl groups excluding tert-OH is 1. The maximum absolute atomic E-state index is 13.5. The minimum absolute atomic E-state index is 0.0312. The van der Waals surface area contributed by atoms with Crippen LogP contribution in [-0.2, 0) is 6.54 Å². The zero-order valence-corrected chi connectivity index (χ0v) is 16.1. The summed E-state index contributed by atoms with van der Waals surface area (Å²) >= 11 is 1.57. The predicted molar refractivity (Wildman–Crippen MR) is 110 cm³/mol. The monoisotopic (exact) mass is 392 g/mol. The molecule has 0 spiro atoms. The first-order chi connectivity index (χ1) is 13.7. The van der Waals surface area contributed by atoms with E-state index in [1.807, 2.05) is 41.8 Å². The lowest BCUT2D eigenvalue weighted by atomic mass is 10.0. The number of rotatable bonds is 3. The van der Waals surface area contributed by atoms with Crippen molar-refractivity contribution in [2.75, 3.05) is 13.2 Å². The zero-order chi connectivity index (χ0) is 19.3. The van der Waals surface area contributed by atoms with Crippen LogP contribution in [0.15, 0.2) is 52.6 Å². The highest BCUT2D eigenvalue weighted by Gasteiger charge is 2.34. The van der Waals surface area contributed by atoms with Gasteiger partial charge in [-0.05, 0) is 41.5 Å². The Balaban J connectivity index is 1.73. The van der Waals surface area contributed by atoms with E-state index in [1.54, 1.807) is 26.9 Å². The highest BCUT2D eigenvalue weighted by molar-refractivity contribution is 7.13. The second kappa shape index (κ2) is 6.72. The molecule has 0 saturated carbocycles. The lowest BCUT2D eigenvalue weighted by molar-refractivity contribution is 0.0678. The van der Waals surface area contributed by atoms with Gasteiger partial charge in [0, 0.05) is 12.1 Å². The fraction of sp³-hybridized carbons (Fsp3) is 0.273. The van der Waals surface area contributed by atoms with E-state index in [0.29, 0.717) is 24.2 Å². The van der Waals surface area contributed by atoms with E-state index in [1.165, 1.54) is 0 Å². The summed E-state index contributed by atoms with van der Waals surface area (Å²) in [6.45, 7) is 1.11. The smallest absolute Gasteiger partial charge is 0.259 e. The van der Waals surface area contributed by atoms with Crippen LogP contribution in [0.1, 0.15) is 28.8 Å². The third kappa shape index (κ3) is 2.56. The van der Waals surface area contributed by atoms with E-state index in [9.17, 15) is 14.7 Å². The summed E-state index contributed by atoms with van der Waals surface area (Å²) in [5, 5.41) is 11.7. The van der Waals surface area contributed by atoms with E-state index in [-0.39, 0.29) is 24.1 Å². The Labute approximate surface area is 166 Å². The average Bonchev–Trinajstić information content (AvgIpc) is 3.44. The van der Waals surface area contributed by atoms with Crippen molar-refractivity contribution in [1.82, 2.24) is 9.47 Å². The molecule has 1 saturated heterocycles. The number of amides is 1. The van der Waals surface area contributed by atoms with Crippen molar-refractivity contribution in [3.63, 3.8) is 0 Å². The fourth-order valence-electron chi connectivity index (χ4n) is 4.34. The molecule has 1 atom stereocenters. The Hall–Kier alpha value is -2.70. The first kappa shape index (κ1) is 17.4. The fourth-order valence-corrected chi connectivity index (χ4v) is 5.32. The SMILES string of the molecule is O=C(c1cc(-c2ccccc2)c(=O)n2c1-c1sccc1C2)N1CCC[C@@H]1CO. The van der Waals surface area contributed by atoms with Gasteiger partial charge >= 0.3 is 0 Å². The van der Waals surface area contributed by atoms with Crippen LogP contribution in [0, 0.1) is 0 Å². The minimum Gasteiger partial charge on any atom is -0.394 e. The normalized spacial score (nSPS) is 17.6. The Bertz CT molecular complexity index is 1120. The maximum Gasteiger partial charge on any atom is 0.259 e. The highest BCUT2D eigenvalue weighted by Crippen LogP contribution is 2.39. The van der Waals surface area contributed by atoms with E-state index < -0.39 is 0 Å². The van der Waals surface area contributed by atoms with Gasteiger partial charge < -0.3 is 14.6 Å². The summed E-state index contributed by atoms with van der Waals surface area (Å²) in [6, 6.07) is 13.1. The molecule has 0 radical (unpaired) electrons. The summed E-state index contributed by atoms with van der Waals surface area (Å²) in [6.07, 6.45) is 1.70. The van der Waals surface area contributed by atoms with Crippen LogP contribution < -0.4 is 5.56 Å². The van der Waals surface area contributed by atoms with Crippen molar-refractivity contribution in [3.05, 3.63) is 69.3 Å². The van der Waals surface area contributed by atoms with E-state index in [0.717, 1.165) is 34.5 Å². The molecule has 3 aromatic rings. The molecule has 2 aliphatic heterocycles. The van der Waals surface area contributed by atoms with E-state index in [4.69, 9.17) is 0 Å². The van der Waals surface area contributed by atoms with Crippen LogP contribution in [0.3, 0.4) is 0 Å². The van der Waals surface area contributed by atoms with Gasteiger partial charge in [0.05, 0.1) is 35.3 Å². The van der Waals surface area contributed by atoms with Crippen LogP contribution in [-0.4, -0.2) is 39.7 Å². The quantitative estimate of drug-likeness (QED) is 0.582. The van der Waals surface area contributed by atoms with Crippen molar-refractivity contribution in [2.24, 2.45) is 0 Å². The standard InChI is InChI=1S/C22H20N2O3S/c25-13-16-7-4-9-23(16)22(27)18-11-17(14-5-2-1-3-6-14)21(26)24-12-15-8-10-28-20(15)19(18)24/h1-3,5-6,8,10-11,16,25H,4,7,9,12-13H2/t16-/m1/s1. The van der Waals surface area contributed by atoms with Gasteiger partial charge in [-0.3, -0.25) is 9.59 Å². The number of pyridine rings is 1. The van der Waals surface area contributed by atoms with Crippen LogP contribution in [0.5, 0.6) is 0 Å². The van der Waals surface area contributed by atoms with Gasteiger partial charge in [-0.2, -0.15) is 0 Å². The summed E-state index contributed by atoms with van der Waals surface area (Å²) in [5.74, 6) is -0.0984. The van der Waals surface area contributed by atoms with Crippen molar-refractivity contribution in [1.29, 1.82) is 0 Å². The molecular weight excluding hydrogens is 372 g/mol. The molecule has 0 unspecified atom stereocenters. The number of carbonyl (C=O) groups is 1. The lowest BCUT2D eigenvalue weighted by Crippen LogP contribution is -2.38. The lowest BCUT2D eigenvalue weighted by Gasteiger charge is -2.24. The number of nitrogens with zero attached hydrogens (tertiary/aromatic N) is 2. The molecule has 0 bridgehead atoms. The molecule has 1 aromatic carbocycles. The number of aromatic nitrogens is 1. The minimum atomic E-state index is -0.149. The first-order valence-corrected chi connectivity index (χ1v) is 10.4. The van der Waals surface area contributed by atoms with E-state index in [2.05, 4.69) is 0 Å². The maximum atomic E-state index is 13.5. The molecule has 0 aliphatic carbocycles. The van der Waals surface area contributed by atoms with Gasteiger partial charge in [0.2, 0.25) is 0 Å². The Kier molecular flexibility index (Phi) is 4.18. The molecule has 6 heteroatoms. The van der Waals surface area contributed by atoms with Crippen LogP contribution in [0.2, 0.25) is 0 Å².